The van der Waals surface area contributed by atoms with Gasteiger partial charge in [0.05, 0.1) is 11.4 Å². The highest BCUT2D eigenvalue weighted by atomic mass is 32.2. The monoisotopic (exact) mass is 402 g/mol. The Morgan fingerprint density at radius 1 is 1.07 bits per heavy atom. The fraction of sp³-hybridized carbons (Fsp3) is 0.409. The van der Waals surface area contributed by atoms with Gasteiger partial charge in [-0.15, -0.1) is 0 Å². The average molecular weight is 403 g/mol. The number of rotatable bonds is 9. The number of carbonyl (C=O) groups is 1. The molecule has 0 radical (unpaired) electrons. The van der Waals surface area contributed by atoms with Crippen LogP contribution in [0.15, 0.2) is 53.4 Å². The zero-order valence-electron chi connectivity index (χ0n) is 17.0. The predicted molar refractivity (Wildman–Crippen MR) is 114 cm³/mol. The molecule has 0 aromatic heterocycles. The molecule has 0 heterocycles. The zero-order chi connectivity index (χ0) is 20.7. The summed E-state index contributed by atoms with van der Waals surface area (Å²) in [5.74, 6) is 0.109. The van der Waals surface area contributed by atoms with Crippen molar-refractivity contribution in [2.45, 2.75) is 44.6 Å². The maximum Gasteiger partial charge on any atom is 0.238 e. The molecule has 0 fully saturated rings. The van der Waals surface area contributed by atoms with Gasteiger partial charge in [-0.2, -0.15) is 0 Å². The van der Waals surface area contributed by atoms with Crippen LogP contribution in [0.1, 0.15) is 44.4 Å². The second-order valence-corrected chi connectivity index (χ2v) is 9.46. The van der Waals surface area contributed by atoms with Gasteiger partial charge in [0.1, 0.15) is 0 Å². The topological polar surface area (TPSA) is 75.3 Å². The Labute approximate surface area is 168 Å². The summed E-state index contributed by atoms with van der Waals surface area (Å²) in [4.78, 5) is 12.5. The summed E-state index contributed by atoms with van der Waals surface area (Å²) in [6, 6.07) is 14.9. The summed E-state index contributed by atoms with van der Waals surface area (Å²) in [5, 5.41) is 6.08. The largest absolute Gasteiger partial charge is 0.325 e. The fourth-order valence-electron chi connectivity index (χ4n) is 3.13. The molecule has 0 aliphatic carbocycles. The van der Waals surface area contributed by atoms with E-state index in [1.807, 2.05) is 0 Å². The standard InChI is InChI=1S/C22H30N2O3S/c1-5-7-17-10-12-18(13-11-17)22(16(2)3)23-15-21(25)24-19-8-6-9-20(14-19)28(4,26)27/h6,8-14,16,22-23H,5,7,15H2,1-4H3,(H,24,25)/t22-/m0/s1. The van der Waals surface area contributed by atoms with E-state index in [0.717, 1.165) is 24.7 Å². The van der Waals surface area contributed by atoms with Gasteiger partial charge in [-0.05, 0) is 41.7 Å². The lowest BCUT2D eigenvalue weighted by Crippen LogP contribution is -2.33. The Kier molecular flexibility index (Phi) is 7.78. The van der Waals surface area contributed by atoms with Crippen LogP contribution in [0.4, 0.5) is 5.69 Å². The maximum atomic E-state index is 12.3. The van der Waals surface area contributed by atoms with Crippen LogP contribution in [0.2, 0.25) is 0 Å². The summed E-state index contributed by atoms with van der Waals surface area (Å²) in [5.41, 5.74) is 2.94. The van der Waals surface area contributed by atoms with E-state index in [1.54, 1.807) is 12.1 Å². The van der Waals surface area contributed by atoms with Crippen LogP contribution >= 0.6 is 0 Å². The Morgan fingerprint density at radius 3 is 2.32 bits per heavy atom. The second-order valence-electron chi connectivity index (χ2n) is 7.44. The zero-order valence-corrected chi connectivity index (χ0v) is 17.8. The van der Waals surface area contributed by atoms with Crippen LogP contribution in [-0.2, 0) is 21.1 Å². The Hall–Kier alpha value is -2.18. The molecule has 1 amide bonds. The first-order valence-electron chi connectivity index (χ1n) is 9.63. The van der Waals surface area contributed by atoms with Crippen LogP contribution in [0, 0.1) is 5.92 Å². The van der Waals surface area contributed by atoms with E-state index < -0.39 is 9.84 Å². The fourth-order valence-corrected chi connectivity index (χ4v) is 3.80. The second kappa shape index (κ2) is 9.85. The molecule has 0 unspecified atom stereocenters. The number of amides is 1. The van der Waals surface area contributed by atoms with E-state index in [2.05, 4.69) is 55.7 Å². The Morgan fingerprint density at radius 2 is 1.75 bits per heavy atom. The van der Waals surface area contributed by atoms with Crippen molar-refractivity contribution >= 4 is 21.4 Å². The predicted octanol–water partition coefficient (Wildman–Crippen LogP) is 3.97. The van der Waals surface area contributed by atoms with Crippen LogP contribution in [-0.4, -0.2) is 27.1 Å². The van der Waals surface area contributed by atoms with Gasteiger partial charge in [-0.1, -0.05) is 57.5 Å². The molecule has 0 saturated carbocycles. The quantitative estimate of drug-likeness (QED) is 0.665. The molecule has 2 aromatic carbocycles. The number of anilines is 1. The number of hydrogen-bond acceptors (Lipinski definition) is 4. The average Bonchev–Trinajstić information content (AvgIpc) is 2.62. The number of benzene rings is 2. The Bertz CT molecular complexity index is 890. The van der Waals surface area contributed by atoms with E-state index >= 15 is 0 Å². The first kappa shape index (κ1) is 22.1. The molecule has 6 heteroatoms. The molecule has 28 heavy (non-hydrogen) atoms. The summed E-state index contributed by atoms with van der Waals surface area (Å²) in [7, 11) is -3.31. The molecule has 0 spiro atoms. The highest BCUT2D eigenvalue weighted by molar-refractivity contribution is 7.90. The summed E-state index contributed by atoms with van der Waals surface area (Å²) in [6.45, 7) is 6.54. The maximum absolute atomic E-state index is 12.3. The van der Waals surface area contributed by atoms with Crippen molar-refractivity contribution in [1.29, 1.82) is 0 Å². The van der Waals surface area contributed by atoms with Crippen molar-refractivity contribution < 1.29 is 13.2 Å². The minimum atomic E-state index is -3.31. The molecular formula is C22H30N2O3S. The molecule has 152 valence electrons. The van der Waals surface area contributed by atoms with Crippen molar-refractivity contribution in [2.75, 3.05) is 18.1 Å². The molecule has 2 rings (SSSR count). The third kappa shape index (κ3) is 6.46. The van der Waals surface area contributed by atoms with Gasteiger partial charge in [0, 0.05) is 18.0 Å². The van der Waals surface area contributed by atoms with Gasteiger partial charge >= 0.3 is 0 Å². The summed E-state index contributed by atoms with van der Waals surface area (Å²) >= 11 is 0. The van der Waals surface area contributed by atoms with Gasteiger partial charge in [-0.3, -0.25) is 4.79 Å². The highest BCUT2D eigenvalue weighted by Gasteiger charge is 2.17. The molecule has 2 N–H and O–H groups in total. The molecule has 5 nitrogen and oxygen atoms in total. The summed E-state index contributed by atoms with van der Waals surface area (Å²) < 4.78 is 23.3. The van der Waals surface area contributed by atoms with Crippen LogP contribution in [0.3, 0.4) is 0 Å². The number of hydrogen-bond donors (Lipinski definition) is 2. The van der Waals surface area contributed by atoms with E-state index in [4.69, 9.17) is 0 Å². The minimum absolute atomic E-state index is 0.0591. The normalized spacial score (nSPS) is 12.8. The van der Waals surface area contributed by atoms with E-state index in [9.17, 15) is 13.2 Å². The van der Waals surface area contributed by atoms with Crippen LogP contribution < -0.4 is 10.6 Å². The van der Waals surface area contributed by atoms with Gasteiger partial charge in [-0.25, -0.2) is 8.42 Å². The number of nitrogens with one attached hydrogen (secondary N) is 2. The third-order valence-electron chi connectivity index (χ3n) is 4.57. The third-order valence-corrected chi connectivity index (χ3v) is 5.68. The van der Waals surface area contributed by atoms with E-state index in [1.165, 1.54) is 17.7 Å². The summed E-state index contributed by atoms with van der Waals surface area (Å²) in [6.07, 6.45) is 3.33. The highest BCUT2D eigenvalue weighted by Crippen LogP contribution is 2.22. The van der Waals surface area contributed by atoms with Gasteiger partial charge in [0.2, 0.25) is 5.91 Å². The van der Waals surface area contributed by atoms with Gasteiger partial charge < -0.3 is 10.6 Å². The van der Waals surface area contributed by atoms with Gasteiger partial charge in [0.25, 0.3) is 0 Å². The molecule has 0 bridgehead atoms. The van der Waals surface area contributed by atoms with Gasteiger partial charge in [0.15, 0.2) is 9.84 Å². The number of aryl methyl sites for hydroxylation is 1. The van der Waals surface area contributed by atoms with Crippen LogP contribution in [0.5, 0.6) is 0 Å². The molecule has 0 saturated heterocycles. The first-order valence-corrected chi connectivity index (χ1v) is 11.5. The number of sulfone groups is 1. The number of carbonyl (C=O) groups excluding carboxylic acids is 1. The van der Waals surface area contributed by atoms with E-state index in [0.29, 0.717) is 11.6 Å². The van der Waals surface area contributed by atoms with Crippen molar-refractivity contribution in [3.63, 3.8) is 0 Å². The molecule has 0 aliphatic rings. The Balaban J connectivity index is 2.01. The lowest BCUT2D eigenvalue weighted by molar-refractivity contribution is -0.115. The van der Waals surface area contributed by atoms with Crippen LogP contribution in [0.25, 0.3) is 0 Å². The van der Waals surface area contributed by atoms with Crippen molar-refractivity contribution in [2.24, 2.45) is 5.92 Å². The lowest BCUT2D eigenvalue weighted by atomic mass is 9.94. The van der Waals surface area contributed by atoms with Crippen molar-refractivity contribution in [3.05, 3.63) is 59.7 Å². The lowest BCUT2D eigenvalue weighted by Gasteiger charge is -2.23. The van der Waals surface area contributed by atoms with Crippen molar-refractivity contribution in [3.8, 4) is 0 Å². The molecule has 0 aliphatic heterocycles. The van der Waals surface area contributed by atoms with E-state index in [-0.39, 0.29) is 23.4 Å². The van der Waals surface area contributed by atoms with Crippen molar-refractivity contribution in [1.82, 2.24) is 5.32 Å². The SMILES string of the molecule is CCCc1ccc([C@@H](NCC(=O)Nc2cccc(S(C)(=O)=O)c2)C(C)C)cc1. The molecule has 2 aromatic rings. The first-order chi connectivity index (χ1) is 13.2. The molecular weight excluding hydrogens is 372 g/mol. The minimum Gasteiger partial charge on any atom is -0.325 e. The molecule has 1 atom stereocenters. The smallest absolute Gasteiger partial charge is 0.238 e.